The summed E-state index contributed by atoms with van der Waals surface area (Å²) in [5.74, 6) is -6.76. The lowest BCUT2D eigenvalue weighted by Crippen LogP contribution is -2.22. The molecule has 0 bridgehead atoms. The second-order valence-electron chi connectivity index (χ2n) is 4.48. The van der Waals surface area contributed by atoms with Gasteiger partial charge >= 0.3 is 0 Å². The van der Waals surface area contributed by atoms with E-state index >= 15 is 0 Å². The Morgan fingerprint density at radius 1 is 1.08 bits per heavy atom. The SMILES string of the molecule is CN(C(=S)Sc1c(F)c(F)c(C#N)c(F)c1F)c1ccc(I)cc1. The van der Waals surface area contributed by atoms with E-state index in [0.29, 0.717) is 17.4 Å². The van der Waals surface area contributed by atoms with E-state index in [4.69, 9.17) is 17.5 Å². The number of nitriles is 1. The van der Waals surface area contributed by atoms with Crippen LogP contribution in [-0.4, -0.2) is 11.4 Å². The molecule has 0 aliphatic carbocycles. The summed E-state index contributed by atoms with van der Waals surface area (Å²) < 4.78 is 56.1. The van der Waals surface area contributed by atoms with E-state index in [0.717, 1.165) is 9.64 Å². The van der Waals surface area contributed by atoms with Crippen LogP contribution < -0.4 is 4.90 Å². The van der Waals surface area contributed by atoms with Crippen molar-refractivity contribution in [1.82, 2.24) is 0 Å². The molecular weight excluding hydrogens is 475 g/mol. The third kappa shape index (κ3) is 3.65. The predicted molar refractivity (Wildman–Crippen MR) is 97.0 cm³/mol. The molecule has 2 aromatic rings. The van der Waals surface area contributed by atoms with Gasteiger partial charge in [0.1, 0.15) is 16.0 Å². The van der Waals surface area contributed by atoms with E-state index in [-0.39, 0.29) is 4.32 Å². The van der Waals surface area contributed by atoms with Crippen molar-refractivity contribution in [2.75, 3.05) is 11.9 Å². The molecule has 0 heterocycles. The summed E-state index contributed by atoms with van der Waals surface area (Å²) in [5, 5.41) is 8.58. The van der Waals surface area contributed by atoms with Crippen molar-refractivity contribution in [1.29, 1.82) is 5.26 Å². The highest BCUT2D eigenvalue weighted by atomic mass is 127. The van der Waals surface area contributed by atoms with E-state index in [2.05, 4.69) is 22.6 Å². The maximum atomic E-state index is 13.9. The molecule has 0 fully saturated rings. The fourth-order valence-corrected chi connectivity index (χ4v) is 3.22. The second kappa shape index (κ2) is 7.67. The van der Waals surface area contributed by atoms with Crippen LogP contribution in [0, 0.1) is 38.2 Å². The number of halogens is 5. The second-order valence-corrected chi connectivity index (χ2v) is 7.37. The molecule has 124 valence electrons. The van der Waals surface area contributed by atoms with Crippen molar-refractivity contribution in [3.8, 4) is 6.07 Å². The zero-order valence-corrected chi connectivity index (χ0v) is 15.7. The lowest BCUT2D eigenvalue weighted by Gasteiger charge is -2.20. The lowest BCUT2D eigenvalue weighted by atomic mass is 10.2. The molecule has 0 aliphatic heterocycles. The fourth-order valence-electron chi connectivity index (χ4n) is 1.73. The minimum absolute atomic E-state index is 0.0162. The molecule has 0 saturated heterocycles. The van der Waals surface area contributed by atoms with E-state index in [9.17, 15) is 17.6 Å². The van der Waals surface area contributed by atoms with Crippen LogP contribution in [0.15, 0.2) is 29.2 Å². The van der Waals surface area contributed by atoms with Crippen LogP contribution in [0.3, 0.4) is 0 Å². The van der Waals surface area contributed by atoms with Crippen LogP contribution >= 0.6 is 46.6 Å². The molecule has 0 saturated carbocycles. The standard InChI is InChI=1S/C15H7F4IN2S2/c1-22(8-4-2-7(20)3-5-8)15(23)24-14-12(18)10(16)9(6-21)11(17)13(14)19/h2-5H,1H3. The van der Waals surface area contributed by atoms with Crippen molar-refractivity contribution >= 4 is 56.6 Å². The van der Waals surface area contributed by atoms with Gasteiger partial charge in [0.2, 0.25) is 0 Å². The number of anilines is 1. The van der Waals surface area contributed by atoms with Crippen LogP contribution in [0.2, 0.25) is 0 Å². The third-order valence-electron chi connectivity index (χ3n) is 3.01. The first kappa shape index (κ1) is 19.0. The average Bonchev–Trinajstić information content (AvgIpc) is 2.57. The Morgan fingerprint density at radius 3 is 2.04 bits per heavy atom. The molecule has 0 atom stereocenters. The molecule has 2 aromatic carbocycles. The zero-order valence-electron chi connectivity index (χ0n) is 11.9. The number of nitrogens with zero attached hydrogens (tertiary/aromatic N) is 2. The highest BCUT2D eigenvalue weighted by molar-refractivity contribution is 14.1. The molecule has 24 heavy (non-hydrogen) atoms. The van der Waals surface area contributed by atoms with Crippen LogP contribution in [0.1, 0.15) is 5.56 Å². The Hall–Kier alpha value is -1.38. The Balaban J connectivity index is 2.36. The van der Waals surface area contributed by atoms with Crippen molar-refractivity contribution in [2.24, 2.45) is 0 Å². The monoisotopic (exact) mass is 482 g/mol. The molecule has 0 N–H and O–H groups in total. The highest BCUT2D eigenvalue weighted by Crippen LogP contribution is 2.33. The minimum atomic E-state index is -1.74. The van der Waals surface area contributed by atoms with E-state index in [1.807, 2.05) is 12.1 Å². The first-order chi connectivity index (χ1) is 11.3. The summed E-state index contributed by atoms with van der Waals surface area (Å²) in [6, 6.07) is 8.19. The summed E-state index contributed by atoms with van der Waals surface area (Å²) in [6.07, 6.45) is 0. The molecule has 0 unspecified atom stereocenters. The topological polar surface area (TPSA) is 27.0 Å². The average molecular weight is 482 g/mol. The Kier molecular flexibility index (Phi) is 6.06. The van der Waals surface area contributed by atoms with Gasteiger partial charge in [0.25, 0.3) is 0 Å². The van der Waals surface area contributed by atoms with Gasteiger partial charge < -0.3 is 4.90 Å². The molecule has 2 rings (SSSR count). The lowest BCUT2D eigenvalue weighted by molar-refractivity contribution is 0.423. The van der Waals surface area contributed by atoms with Gasteiger partial charge in [-0.25, -0.2) is 17.6 Å². The summed E-state index contributed by atoms with van der Waals surface area (Å²) >= 11 is 7.56. The Labute approximate surface area is 158 Å². The van der Waals surface area contributed by atoms with Crippen molar-refractivity contribution in [3.05, 3.63) is 56.7 Å². The van der Waals surface area contributed by atoms with Gasteiger partial charge in [-0.1, -0.05) is 24.0 Å². The normalized spacial score (nSPS) is 10.4. The largest absolute Gasteiger partial charge is 0.330 e. The van der Waals surface area contributed by atoms with Gasteiger partial charge in [-0.05, 0) is 46.9 Å². The van der Waals surface area contributed by atoms with Gasteiger partial charge in [-0.15, -0.1) is 0 Å². The van der Waals surface area contributed by atoms with Gasteiger partial charge in [0.05, 0.1) is 4.90 Å². The van der Waals surface area contributed by atoms with Crippen LogP contribution in [0.25, 0.3) is 0 Å². The number of thioether (sulfide) groups is 1. The number of rotatable bonds is 2. The first-order valence-electron chi connectivity index (χ1n) is 6.25. The van der Waals surface area contributed by atoms with Crippen LogP contribution in [-0.2, 0) is 0 Å². The van der Waals surface area contributed by atoms with Gasteiger partial charge in [0, 0.05) is 16.3 Å². The Morgan fingerprint density at radius 2 is 1.58 bits per heavy atom. The number of thiocarbonyl (C=S) groups is 1. The van der Waals surface area contributed by atoms with Gasteiger partial charge in [-0.2, -0.15) is 5.26 Å². The maximum Gasteiger partial charge on any atom is 0.180 e. The van der Waals surface area contributed by atoms with Gasteiger partial charge in [0.15, 0.2) is 23.3 Å². The molecule has 0 spiro atoms. The minimum Gasteiger partial charge on any atom is -0.330 e. The molecule has 0 radical (unpaired) electrons. The van der Waals surface area contributed by atoms with E-state index in [1.54, 1.807) is 19.2 Å². The molecule has 0 amide bonds. The molecule has 9 heteroatoms. The van der Waals surface area contributed by atoms with Gasteiger partial charge in [-0.3, -0.25) is 0 Å². The smallest absolute Gasteiger partial charge is 0.180 e. The van der Waals surface area contributed by atoms with E-state index in [1.165, 1.54) is 4.90 Å². The first-order valence-corrected chi connectivity index (χ1v) is 8.55. The number of benzene rings is 2. The van der Waals surface area contributed by atoms with Crippen molar-refractivity contribution < 1.29 is 17.6 Å². The number of hydrogen-bond acceptors (Lipinski definition) is 3. The predicted octanol–water partition coefficient (Wildman–Crippen LogP) is 5.23. The zero-order chi connectivity index (χ0) is 18.0. The fraction of sp³-hybridized carbons (Fsp3) is 0.0667. The Bertz CT molecular complexity index is 821. The summed E-state index contributed by atoms with van der Waals surface area (Å²) in [5.41, 5.74) is -0.658. The van der Waals surface area contributed by atoms with Crippen LogP contribution in [0.4, 0.5) is 23.2 Å². The van der Waals surface area contributed by atoms with E-state index < -0.39 is 33.7 Å². The number of hydrogen-bond donors (Lipinski definition) is 0. The van der Waals surface area contributed by atoms with Crippen LogP contribution in [0.5, 0.6) is 0 Å². The molecule has 0 aromatic heterocycles. The third-order valence-corrected chi connectivity index (χ3v) is 5.27. The van der Waals surface area contributed by atoms with Crippen molar-refractivity contribution in [3.63, 3.8) is 0 Å². The molecular formula is C15H7F4IN2S2. The summed E-state index contributed by atoms with van der Waals surface area (Å²) in [6.45, 7) is 0. The molecule has 0 aliphatic rings. The highest BCUT2D eigenvalue weighted by Gasteiger charge is 2.27. The summed E-state index contributed by atoms with van der Waals surface area (Å²) in [4.78, 5) is 0.523. The van der Waals surface area contributed by atoms with Crippen molar-refractivity contribution in [2.45, 2.75) is 4.90 Å². The molecule has 2 nitrogen and oxygen atoms in total. The quantitative estimate of drug-likeness (QED) is 0.193. The summed E-state index contributed by atoms with van der Waals surface area (Å²) in [7, 11) is 1.56. The maximum absolute atomic E-state index is 13.9.